The van der Waals surface area contributed by atoms with Crippen molar-refractivity contribution in [1.29, 1.82) is 0 Å². The lowest BCUT2D eigenvalue weighted by molar-refractivity contribution is -0.385. The van der Waals surface area contributed by atoms with E-state index in [1.165, 1.54) is 18.2 Å². The predicted molar refractivity (Wildman–Crippen MR) is 105 cm³/mol. The fourth-order valence-corrected chi connectivity index (χ4v) is 2.89. The number of ether oxygens (including phenoxy) is 1. The molecule has 0 bridgehead atoms. The number of para-hydroxylation sites is 1. The molecule has 1 heterocycles. The van der Waals surface area contributed by atoms with E-state index in [9.17, 15) is 19.7 Å². The van der Waals surface area contributed by atoms with Crippen LogP contribution in [0, 0.1) is 10.1 Å². The van der Waals surface area contributed by atoms with Gasteiger partial charge in [0.2, 0.25) is 11.8 Å². The van der Waals surface area contributed by atoms with Gasteiger partial charge in [0.15, 0.2) is 0 Å². The summed E-state index contributed by atoms with van der Waals surface area (Å²) in [5, 5.41) is 13.9. The third-order valence-electron chi connectivity index (χ3n) is 4.44. The van der Waals surface area contributed by atoms with E-state index in [0.717, 1.165) is 6.42 Å². The van der Waals surface area contributed by atoms with E-state index in [1.54, 1.807) is 30.2 Å². The number of nitro groups is 1. The molecule has 1 aromatic rings. The first-order valence-corrected chi connectivity index (χ1v) is 9.19. The van der Waals surface area contributed by atoms with Gasteiger partial charge in [-0.15, -0.1) is 0 Å². The fraction of sp³-hybridized carbons (Fsp3) is 0.474. The molecule has 1 saturated heterocycles. The molecule has 0 aliphatic carbocycles. The van der Waals surface area contributed by atoms with E-state index in [4.69, 9.17) is 4.74 Å². The Morgan fingerprint density at radius 1 is 1.25 bits per heavy atom. The molecule has 0 aromatic heterocycles. The van der Waals surface area contributed by atoms with Gasteiger partial charge in [0.05, 0.1) is 17.0 Å². The van der Waals surface area contributed by atoms with E-state index in [-0.39, 0.29) is 17.5 Å². The Bertz CT molecular complexity index is 714. The molecule has 0 radical (unpaired) electrons. The standard InChI is InChI=1S/C19H26N4O5/c1-28-14-4-9-20-18(24)15-21-10-12-22(13-11-21)19(25)8-7-16-5-2-3-6-17(16)23(26)27/h2-3,5-8H,4,9-15H2,1H3,(H,20,24)/b8-7+. The first-order valence-electron chi connectivity index (χ1n) is 9.19. The molecule has 9 nitrogen and oxygen atoms in total. The van der Waals surface area contributed by atoms with Gasteiger partial charge in [-0.25, -0.2) is 0 Å². The lowest BCUT2D eigenvalue weighted by Crippen LogP contribution is -2.50. The summed E-state index contributed by atoms with van der Waals surface area (Å²) >= 11 is 0. The van der Waals surface area contributed by atoms with Gasteiger partial charge in [-0.3, -0.25) is 24.6 Å². The molecule has 1 aliphatic rings. The van der Waals surface area contributed by atoms with E-state index >= 15 is 0 Å². The molecule has 1 N–H and O–H groups in total. The second-order valence-corrected chi connectivity index (χ2v) is 6.45. The third-order valence-corrected chi connectivity index (χ3v) is 4.44. The first-order chi connectivity index (χ1) is 13.5. The molecule has 0 saturated carbocycles. The number of rotatable bonds is 9. The quantitative estimate of drug-likeness (QED) is 0.291. The molecule has 1 aromatic carbocycles. The van der Waals surface area contributed by atoms with E-state index in [2.05, 4.69) is 5.32 Å². The number of carbonyl (C=O) groups is 2. The number of nitrogens with zero attached hydrogens (tertiary/aromatic N) is 3. The maximum Gasteiger partial charge on any atom is 0.276 e. The molecule has 1 aliphatic heterocycles. The highest BCUT2D eigenvalue weighted by atomic mass is 16.6. The summed E-state index contributed by atoms with van der Waals surface area (Å²) in [7, 11) is 1.62. The monoisotopic (exact) mass is 390 g/mol. The lowest BCUT2D eigenvalue weighted by atomic mass is 10.1. The Balaban J connectivity index is 1.78. The third kappa shape index (κ3) is 6.75. The van der Waals surface area contributed by atoms with Crippen LogP contribution in [0.3, 0.4) is 0 Å². The normalized spacial score (nSPS) is 15.0. The molecule has 2 amide bonds. The van der Waals surface area contributed by atoms with Crippen molar-refractivity contribution in [3.8, 4) is 0 Å². The second-order valence-electron chi connectivity index (χ2n) is 6.45. The number of amides is 2. The smallest absolute Gasteiger partial charge is 0.276 e. The lowest BCUT2D eigenvalue weighted by Gasteiger charge is -2.33. The highest BCUT2D eigenvalue weighted by molar-refractivity contribution is 5.92. The van der Waals surface area contributed by atoms with Crippen LogP contribution in [0.5, 0.6) is 0 Å². The summed E-state index contributed by atoms with van der Waals surface area (Å²) < 4.78 is 4.94. The van der Waals surface area contributed by atoms with Gasteiger partial charge >= 0.3 is 0 Å². The summed E-state index contributed by atoms with van der Waals surface area (Å²) in [5.74, 6) is -0.228. The zero-order chi connectivity index (χ0) is 20.4. The maximum atomic E-state index is 12.3. The van der Waals surface area contributed by atoms with Crippen molar-refractivity contribution in [2.75, 3.05) is 53.0 Å². The maximum absolute atomic E-state index is 12.3. The van der Waals surface area contributed by atoms with Crippen molar-refractivity contribution in [2.45, 2.75) is 6.42 Å². The molecule has 0 atom stereocenters. The van der Waals surface area contributed by atoms with Gasteiger partial charge in [0.25, 0.3) is 5.69 Å². The van der Waals surface area contributed by atoms with Crippen LogP contribution in [0.25, 0.3) is 6.08 Å². The van der Waals surface area contributed by atoms with Crippen LogP contribution in [0.2, 0.25) is 0 Å². The Labute approximate surface area is 164 Å². The number of benzene rings is 1. The van der Waals surface area contributed by atoms with E-state index in [1.807, 2.05) is 4.90 Å². The van der Waals surface area contributed by atoms with Crippen molar-refractivity contribution in [2.24, 2.45) is 0 Å². The summed E-state index contributed by atoms with van der Waals surface area (Å²) in [4.78, 5) is 38.5. The van der Waals surface area contributed by atoms with Gasteiger partial charge in [0, 0.05) is 58.6 Å². The SMILES string of the molecule is COCCCNC(=O)CN1CCN(C(=O)/C=C/c2ccccc2[N+](=O)[O-])CC1. The molecule has 152 valence electrons. The zero-order valence-electron chi connectivity index (χ0n) is 16.0. The van der Waals surface area contributed by atoms with Crippen LogP contribution in [-0.4, -0.2) is 79.5 Å². The largest absolute Gasteiger partial charge is 0.385 e. The fourth-order valence-electron chi connectivity index (χ4n) is 2.89. The Hall–Kier alpha value is -2.78. The number of carbonyl (C=O) groups excluding carboxylic acids is 2. The van der Waals surface area contributed by atoms with Gasteiger partial charge < -0.3 is 15.0 Å². The van der Waals surface area contributed by atoms with Crippen molar-refractivity contribution in [3.05, 3.63) is 46.0 Å². The minimum atomic E-state index is -0.469. The minimum absolute atomic E-state index is 0.0344. The molecule has 2 rings (SSSR count). The summed E-state index contributed by atoms with van der Waals surface area (Å²) in [6.07, 6.45) is 3.61. The predicted octanol–water partition coefficient (Wildman–Crippen LogP) is 0.905. The van der Waals surface area contributed by atoms with Crippen molar-refractivity contribution in [3.63, 3.8) is 0 Å². The van der Waals surface area contributed by atoms with E-state index < -0.39 is 4.92 Å². The van der Waals surface area contributed by atoms with Crippen LogP contribution < -0.4 is 5.32 Å². The highest BCUT2D eigenvalue weighted by Gasteiger charge is 2.21. The van der Waals surface area contributed by atoms with E-state index in [0.29, 0.717) is 51.4 Å². The summed E-state index contributed by atoms with van der Waals surface area (Å²) in [6.45, 7) is 3.74. The molecule has 0 unspecified atom stereocenters. The topological polar surface area (TPSA) is 105 Å². The minimum Gasteiger partial charge on any atom is -0.385 e. The van der Waals surface area contributed by atoms with Gasteiger partial charge in [0.1, 0.15) is 0 Å². The van der Waals surface area contributed by atoms with Crippen molar-refractivity contribution in [1.82, 2.24) is 15.1 Å². The van der Waals surface area contributed by atoms with Crippen molar-refractivity contribution < 1.29 is 19.2 Å². The average molecular weight is 390 g/mol. The van der Waals surface area contributed by atoms with Crippen molar-refractivity contribution >= 4 is 23.6 Å². The number of nitrogens with one attached hydrogen (secondary N) is 1. The van der Waals surface area contributed by atoms with Crippen LogP contribution >= 0.6 is 0 Å². The Morgan fingerprint density at radius 2 is 1.96 bits per heavy atom. The summed E-state index contributed by atoms with van der Waals surface area (Å²) in [5.41, 5.74) is 0.359. The first kappa shape index (κ1) is 21.5. The molecule has 28 heavy (non-hydrogen) atoms. The molecular weight excluding hydrogens is 364 g/mol. The number of piperazine rings is 1. The molecule has 0 spiro atoms. The number of nitro benzene ring substituents is 1. The number of hydrogen-bond acceptors (Lipinski definition) is 6. The van der Waals surface area contributed by atoms with Crippen LogP contribution in [0.4, 0.5) is 5.69 Å². The average Bonchev–Trinajstić information content (AvgIpc) is 2.70. The summed E-state index contributed by atoms with van der Waals surface area (Å²) in [6, 6.07) is 6.29. The van der Waals surface area contributed by atoms with Gasteiger partial charge in [-0.05, 0) is 18.6 Å². The molecular formula is C19H26N4O5. The number of hydrogen-bond donors (Lipinski definition) is 1. The van der Waals surface area contributed by atoms with Gasteiger partial charge in [-0.1, -0.05) is 12.1 Å². The molecule has 1 fully saturated rings. The van der Waals surface area contributed by atoms with Crippen LogP contribution in [-0.2, 0) is 14.3 Å². The number of methoxy groups -OCH3 is 1. The Morgan fingerprint density at radius 3 is 2.64 bits per heavy atom. The van der Waals surface area contributed by atoms with Crippen LogP contribution in [0.15, 0.2) is 30.3 Å². The van der Waals surface area contributed by atoms with Gasteiger partial charge in [-0.2, -0.15) is 0 Å². The Kier molecular flexibility index (Phi) is 8.57. The highest BCUT2D eigenvalue weighted by Crippen LogP contribution is 2.19. The zero-order valence-corrected chi connectivity index (χ0v) is 16.0. The molecule has 9 heteroatoms. The second kappa shape index (κ2) is 11.2. The van der Waals surface area contributed by atoms with Crippen LogP contribution in [0.1, 0.15) is 12.0 Å².